The highest BCUT2D eigenvalue weighted by atomic mass is 79.9. The molecule has 0 aliphatic carbocycles. The van der Waals surface area contributed by atoms with Gasteiger partial charge in [0.05, 0.1) is 17.8 Å². The zero-order chi connectivity index (χ0) is 26.9. The zero-order valence-electron chi connectivity index (χ0n) is 20.3. The minimum absolute atomic E-state index is 0.336. The maximum Gasteiger partial charge on any atom is 0.271 e. The van der Waals surface area contributed by atoms with E-state index >= 15 is 0 Å². The van der Waals surface area contributed by atoms with Gasteiger partial charge in [-0.05, 0) is 69.5 Å². The molecule has 194 valence electrons. The third-order valence-electron chi connectivity index (χ3n) is 5.37. The van der Waals surface area contributed by atoms with Gasteiger partial charge in [0.2, 0.25) is 0 Å². The van der Waals surface area contributed by atoms with Crippen molar-refractivity contribution in [2.75, 3.05) is 7.11 Å². The van der Waals surface area contributed by atoms with Gasteiger partial charge < -0.3 is 14.2 Å². The third kappa shape index (κ3) is 7.60. The summed E-state index contributed by atoms with van der Waals surface area (Å²) in [5.74, 6) is 1.18. The molecule has 0 spiro atoms. The number of carbonyl (C=O) groups is 1. The van der Waals surface area contributed by atoms with E-state index in [1.807, 2.05) is 66.7 Å². The Morgan fingerprint density at radius 2 is 1.61 bits per heavy atom. The van der Waals surface area contributed by atoms with Crippen LogP contribution >= 0.6 is 43.5 Å². The smallest absolute Gasteiger partial charge is 0.271 e. The number of nitrogens with zero attached hydrogens (tertiary/aromatic N) is 1. The maximum atomic E-state index is 12.8. The molecule has 1 amide bonds. The van der Waals surface area contributed by atoms with Gasteiger partial charge in [0.15, 0.2) is 11.5 Å². The Morgan fingerprint density at radius 1 is 0.895 bits per heavy atom. The molecule has 0 aliphatic heterocycles. The van der Waals surface area contributed by atoms with E-state index in [1.54, 1.807) is 18.2 Å². The van der Waals surface area contributed by atoms with E-state index in [9.17, 15) is 4.79 Å². The number of hydrogen-bond acceptors (Lipinski definition) is 5. The highest BCUT2D eigenvalue weighted by Gasteiger charge is 2.13. The summed E-state index contributed by atoms with van der Waals surface area (Å²) >= 11 is 13.0. The predicted molar refractivity (Wildman–Crippen MR) is 156 cm³/mol. The normalized spacial score (nSPS) is 10.8. The highest BCUT2D eigenvalue weighted by Crippen LogP contribution is 2.33. The summed E-state index contributed by atoms with van der Waals surface area (Å²) in [5, 5.41) is 4.81. The van der Waals surface area contributed by atoms with E-state index in [0.29, 0.717) is 46.6 Å². The van der Waals surface area contributed by atoms with Crippen molar-refractivity contribution in [1.82, 2.24) is 5.43 Å². The first kappa shape index (κ1) is 27.7. The molecule has 6 nitrogen and oxygen atoms in total. The summed E-state index contributed by atoms with van der Waals surface area (Å²) in [5.41, 5.74) is 5.59. The fourth-order valence-electron chi connectivity index (χ4n) is 3.45. The summed E-state index contributed by atoms with van der Waals surface area (Å²) in [6.45, 7) is 0.723. The fourth-order valence-corrected chi connectivity index (χ4v) is 4.95. The van der Waals surface area contributed by atoms with E-state index in [1.165, 1.54) is 13.3 Å². The fraction of sp³-hybridized carbons (Fsp3) is 0.103. The lowest BCUT2D eigenvalue weighted by Crippen LogP contribution is -2.17. The number of amides is 1. The van der Waals surface area contributed by atoms with Crippen LogP contribution in [0.3, 0.4) is 0 Å². The third-order valence-corrected chi connectivity index (χ3v) is 6.67. The van der Waals surface area contributed by atoms with Gasteiger partial charge in [-0.3, -0.25) is 4.79 Å². The lowest BCUT2D eigenvalue weighted by Gasteiger charge is -2.13. The van der Waals surface area contributed by atoms with Crippen LogP contribution in [-0.4, -0.2) is 19.2 Å². The molecule has 0 saturated carbocycles. The second-order valence-electron chi connectivity index (χ2n) is 8.06. The van der Waals surface area contributed by atoms with Crippen molar-refractivity contribution in [2.45, 2.75) is 13.2 Å². The molecule has 0 saturated heterocycles. The predicted octanol–water partition coefficient (Wildman–Crippen LogP) is 7.80. The SMILES string of the molecule is COc1cc(C(=O)N/N=C/c2cc(Br)cc(Br)c2OCc2ccc(Cl)cc2)ccc1OCc1ccccc1. The number of nitrogens with one attached hydrogen (secondary N) is 1. The molecule has 0 heterocycles. The van der Waals surface area contributed by atoms with Crippen LogP contribution in [0.1, 0.15) is 27.0 Å². The highest BCUT2D eigenvalue weighted by molar-refractivity contribution is 9.11. The van der Waals surface area contributed by atoms with Crippen LogP contribution in [0.25, 0.3) is 0 Å². The molecule has 38 heavy (non-hydrogen) atoms. The minimum atomic E-state index is -0.396. The molecule has 0 atom stereocenters. The van der Waals surface area contributed by atoms with Crippen LogP contribution in [0.2, 0.25) is 5.02 Å². The molecule has 4 aromatic carbocycles. The van der Waals surface area contributed by atoms with E-state index in [-0.39, 0.29) is 0 Å². The Balaban J connectivity index is 1.43. The molecular formula is C29H23Br2ClN2O4. The van der Waals surface area contributed by atoms with Crippen molar-refractivity contribution in [1.29, 1.82) is 0 Å². The van der Waals surface area contributed by atoms with Gasteiger partial charge in [-0.2, -0.15) is 5.10 Å². The van der Waals surface area contributed by atoms with Crippen LogP contribution in [0.4, 0.5) is 0 Å². The van der Waals surface area contributed by atoms with Gasteiger partial charge in [0, 0.05) is 20.6 Å². The van der Waals surface area contributed by atoms with Gasteiger partial charge in [-0.25, -0.2) is 5.43 Å². The van der Waals surface area contributed by atoms with E-state index in [4.69, 9.17) is 25.8 Å². The van der Waals surface area contributed by atoms with Crippen molar-refractivity contribution >= 4 is 55.6 Å². The Kier molecular flexibility index (Phi) is 9.81. The number of hydrogen-bond donors (Lipinski definition) is 1. The molecule has 0 unspecified atom stereocenters. The van der Waals surface area contributed by atoms with Crippen molar-refractivity contribution in [3.8, 4) is 17.2 Å². The Hall–Kier alpha value is -3.33. The number of carbonyl (C=O) groups excluding carboxylic acids is 1. The maximum absolute atomic E-state index is 12.8. The molecule has 4 rings (SSSR count). The van der Waals surface area contributed by atoms with E-state index in [0.717, 1.165) is 20.1 Å². The summed E-state index contributed by atoms with van der Waals surface area (Å²) in [6.07, 6.45) is 1.53. The number of ether oxygens (including phenoxy) is 3. The lowest BCUT2D eigenvalue weighted by molar-refractivity contribution is 0.0954. The molecule has 4 aromatic rings. The Bertz CT molecular complexity index is 1430. The van der Waals surface area contributed by atoms with Crippen molar-refractivity contribution < 1.29 is 19.0 Å². The molecule has 0 fully saturated rings. The van der Waals surface area contributed by atoms with Crippen LogP contribution in [-0.2, 0) is 13.2 Å². The first-order valence-electron chi connectivity index (χ1n) is 11.5. The Morgan fingerprint density at radius 3 is 2.34 bits per heavy atom. The number of benzene rings is 4. The molecule has 0 bridgehead atoms. The average Bonchev–Trinajstić information content (AvgIpc) is 2.92. The molecular weight excluding hydrogens is 636 g/mol. The average molecular weight is 659 g/mol. The first-order valence-corrected chi connectivity index (χ1v) is 13.4. The minimum Gasteiger partial charge on any atom is -0.493 e. The number of hydrazone groups is 1. The Labute approximate surface area is 242 Å². The quantitative estimate of drug-likeness (QED) is 0.140. The second-order valence-corrected chi connectivity index (χ2v) is 10.3. The second kappa shape index (κ2) is 13.5. The summed E-state index contributed by atoms with van der Waals surface area (Å²) in [4.78, 5) is 12.8. The molecule has 0 aliphatic rings. The molecule has 0 aromatic heterocycles. The summed E-state index contributed by atoms with van der Waals surface area (Å²) < 4.78 is 18.9. The molecule has 9 heteroatoms. The van der Waals surface area contributed by atoms with Crippen LogP contribution in [0, 0.1) is 0 Å². The van der Waals surface area contributed by atoms with E-state index in [2.05, 4.69) is 42.4 Å². The van der Waals surface area contributed by atoms with E-state index < -0.39 is 5.91 Å². The molecule has 0 radical (unpaired) electrons. The lowest BCUT2D eigenvalue weighted by atomic mass is 10.2. The number of halogens is 3. The standard InChI is InChI=1S/C29H23Br2ClN2O4/c1-36-27-14-21(9-12-26(27)37-17-19-5-3-2-4-6-19)29(35)34-33-16-22-13-23(30)15-25(31)28(22)38-18-20-7-10-24(32)11-8-20/h2-16H,17-18H2,1H3,(H,34,35)/b33-16+. The van der Waals surface area contributed by atoms with Gasteiger partial charge in [-0.15, -0.1) is 0 Å². The van der Waals surface area contributed by atoms with Gasteiger partial charge in [-0.1, -0.05) is 70.0 Å². The largest absolute Gasteiger partial charge is 0.493 e. The van der Waals surface area contributed by atoms with Crippen LogP contribution in [0.15, 0.2) is 99.0 Å². The topological polar surface area (TPSA) is 69.2 Å². The van der Waals surface area contributed by atoms with Gasteiger partial charge in [0.25, 0.3) is 5.91 Å². The molecule has 1 N–H and O–H groups in total. The first-order chi connectivity index (χ1) is 18.4. The zero-order valence-corrected chi connectivity index (χ0v) is 24.2. The van der Waals surface area contributed by atoms with Crippen molar-refractivity contribution in [3.63, 3.8) is 0 Å². The summed E-state index contributed by atoms with van der Waals surface area (Å²) in [6, 6.07) is 25.9. The summed E-state index contributed by atoms with van der Waals surface area (Å²) in [7, 11) is 1.53. The monoisotopic (exact) mass is 656 g/mol. The van der Waals surface area contributed by atoms with Crippen molar-refractivity contribution in [3.05, 3.63) is 121 Å². The number of rotatable bonds is 10. The van der Waals surface area contributed by atoms with Crippen molar-refractivity contribution in [2.24, 2.45) is 5.10 Å². The van der Waals surface area contributed by atoms with Crippen LogP contribution < -0.4 is 19.6 Å². The van der Waals surface area contributed by atoms with Gasteiger partial charge in [0.1, 0.15) is 19.0 Å². The number of methoxy groups -OCH3 is 1. The van der Waals surface area contributed by atoms with Crippen LogP contribution in [0.5, 0.6) is 17.2 Å². The van der Waals surface area contributed by atoms with Gasteiger partial charge >= 0.3 is 0 Å².